The van der Waals surface area contributed by atoms with Gasteiger partial charge in [0.05, 0.1) is 154 Å². The Hall–Kier alpha value is -13.6. The second-order valence-electron chi connectivity index (χ2n) is 32.2. The molecule has 616 valence electrons. The highest BCUT2D eigenvalue weighted by Gasteiger charge is 2.44. The van der Waals surface area contributed by atoms with Gasteiger partial charge in [0.15, 0.2) is 23.3 Å². The van der Waals surface area contributed by atoms with Crippen molar-refractivity contribution in [2.24, 2.45) is 0 Å². The van der Waals surface area contributed by atoms with Gasteiger partial charge >= 0.3 is 0 Å². The average Bonchev–Trinajstić information content (AvgIpc) is 1.60. The molecule has 0 unspecified atom stereocenters. The van der Waals surface area contributed by atoms with Crippen LogP contribution in [0.15, 0.2) is 154 Å². The van der Waals surface area contributed by atoms with Crippen LogP contribution < -0.4 is 78.4 Å². The fraction of sp³-hybridized carbons (Fsp3) is 0.360. The lowest BCUT2D eigenvalue weighted by Crippen LogP contribution is -2.38. The van der Waals surface area contributed by atoms with Crippen molar-refractivity contribution >= 4 is 137 Å². The number of hydrogen-bond acceptors (Lipinski definition) is 31. The Bertz CT molecular complexity index is 5430. The number of nitrogens with zero attached hydrogens (tertiary/aromatic N) is 31. The third-order valence-electron chi connectivity index (χ3n) is 25.8. The number of fused-ring (bicyclic) bond motifs is 8. The smallest absolute Gasteiger partial charge is 0.162 e. The van der Waals surface area contributed by atoms with E-state index < -0.39 is 0 Å². The van der Waals surface area contributed by atoms with Crippen molar-refractivity contribution < 1.29 is 0 Å². The molecule has 31 heteroatoms. The largest absolute Gasteiger partial charge is 0.352 e. The number of pyridine rings is 5. The first kappa shape index (κ1) is 78.9. The number of rotatable bonds is 8. The number of para-hydroxylation sites is 4. The molecule has 0 saturated heterocycles. The molecule has 0 fully saturated rings. The van der Waals surface area contributed by atoms with Gasteiger partial charge in [-0.2, -0.15) is 0 Å². The third kappa shape index (κ3) is 12.5. The van der Waals surface area contributed by atoms with E-state index in [4.69, 9.17) is 19.9 Å². The number of hydrogen-bond donors (Lipinski definition) is 0. The van der Waals surface area contributed by atoms with Crippen LogP contribution in [0.4, 0.5) is 137 Å². The highest BCUT2D eigenvalue weighted by Crippen LogP contribution is 2.54. The van der Waals surface area contributed by atoms with Crippen LogP contribution in [0.3, 0.4) is 0 Å². The number of aryl methyl sites for hydroxylation is 4. The van der Waals surface area contributed by atoms with E-state index in [2.05, 4.69) is 333 Å². The molecule has 31 nitrogen and oxygen atoms in total. The summed E-state index contributed by atoms with van der Waals surface area (Å²) in [4.78, 5) is 105. The van der Waals surface area contributed by atoms with Crippen LogP contribution in [0.5, 0.6) is 0 Å². The Morgan fingerprint density at radius 1 is 0.200 bits per heavy atom. The standard InChI is InChI=1S/C23H26N6.2C22H27N9.C22H25N7/c1-15-22(28-16(2)26(4)18-10-6-8-12-20(18)28)24-14-25-23(15)29-17(3)27(5)19-11-7-9-13-21(19)29;1-12-17(30-15(4)28(6)21-19(30)10-24-13(2)26-21)8-23-9-18(12)31-16(5)29(7)22-20(31)11-25-14(3)27-22;1-12-17(30-15(4)28(6)19-10-24-13(2)26-21(19)30)8-23-9-18(12)31-16(5)29(7)20-11-25-14(3)27-22(20)31;1-14-19(28-15(2)26(4)21-12-23-8-6-17(21)28)10-25-11-20(14)29-16(3)27(5)22-13-24-9-7-18(22)29/h6-14,16-17H,1-5H3;2*8-11,15-16H,1-7H3;6-13,15-16H,1-5H3/t16-,17+;3*15-,16+. The highest BCUT2D eigenvalue weighted by atomic mass is 15.5. The first-order valence-corrected chi connectivity index (χ1v) is 40.8. The maximum absolute atomic E-state index is 4.76. The fourth-order valence-electron chi connectivity index (χ4n) is 18.1. The van der Waals surface area contributed by atoms with E-state index in [0.29, 0.717) is 0 Å². The summed E-state index contributed by atoms with van der Waals surface area (Å²) in [6.45, 7) is 33.8. The lowest BCUT2D eigenvalue weighted by molar-refractivity contribution is 0.712. The van der Waals surface area contributed by atoms with Crippen molar-refractivity contribution in [2.45, 2.75) is 160 Å². The quantitative estimate of drug-likeness (QED) is 0.137. The summed E-state index contributed by atoms with van der Waals surface area (Å²) >= 11 is 0. The van der Waals surface area contributed by atoms with Crippen molar-refractivity contribution in [1.29, 1.82) is 0 Å². The van der Waals surface area contributed by atoms with Gasteiger partial charge in [-0.05, 0) is 164 Å². The van der Waals surface area contributed by atoms with E-state index >= 15 is 0 Å². The second-order valence-corrected chi connectivity index (χ2v) is 32.2. The summed E-state index contributed by atoms with van der Waals surface area (Å²) in [6.07, 6.45) is 29.6. The number of benzene rings is 2. The second kappa shape index (κ2) is 30.4. The molecule has 10 aromatic heterocycles. The molecule has 0 spiro atoms. The summed E-state index contributed by atoms with van der Waals surface area (Å²) in [5, 5.41) is 0. The molecule has 8 aliphatic rings. The topological polar surface area (TPSA) is 245 Å². The van der Waals surface area contributed by atoms with Crippen LogP contribution in [0, 0.1) is 55.4 Å². The van der Waals surface area contributed by atoms with E-state index in [0.717, 1.165) is 155 Å². The zero-order valence-electron chi connectivity index (χ0n) is 72.9. The molecule has 0 radical (unpaired) electrons. The molecule has 8 atom stereocenters. The predicted molar refractivity (Wildman–Crippen MR) is 482 cm³/mol. The van der Waals surface area contributed by atoms with Gasteiger partial charge in [0, 0.05) is 74.3 Å². The zero-order chi connectivity index (χ0) is 84.6. The summed E-state index contributed by atoms with van der Waals surface area (Å²) in [7, 11) is 16.8. The van der Waals surface area contributed by atoms with E-state index in [1.165, 1.54) is 28.3 Å². The van der Waals surface area contributed by atoms with Crippen LogP contribution in [-0.4, -0.2) is 180 Å². The van der Waals surface area contributed by atoms with Gasteiger partial charge < -0.3 is 78.4 Å². The monoisotopic (exact) mass is 1610 g/mol. The molecule has 0 saturated carbocycles. The minimum Gasteiger partial charge on any atom is -0.352 e. The molecule has 18 heterocycles. The molecule has 8 aliphatic heterocycles. The Balaban J connectivity index is 0.000000114. The molecule has 12 aromatic rings. The van der Waals surface area contributed by atoms with Gasteiger partial charge in [-0.1, -0.05) is 24.3 Å². The summed E-state index contributed by atoms with van der Waals surface area (Å²) in [5.41, 5.74) is 24.4. The normalized spacial score (nSPS) is 20.1. The maximum atomic E-state index is 4.76. The highest BCUT2D eigenvalue weighted by molar-refractivity contribution is 5.93. The third-order valence-corrected chi connectivity index (χ3v) is 25.8. The SMILES string of the molecule is Cc1c(N2c3ccccc3N(C)[C@H]2C)ncnc1N1c2ccccc2N(C)[C@@H]1C.Cc1c(N2c3ccncc3N(C)[C@H]2C)cncc1N1c2ccncc2N(C)[C@@H]1C.Cc1ncc2c(n1)N(C)[C@@H](C)N2c1cncc(N2c3cnc(C)nc3N(C)[C@@H]2C)c1C.Cc1ncc2c(n1)N(c1cncc(N3c4nc(C)ncc4N(C)[C@@H]3C)c1C)[C@H](C)N2C. The average molecular weight is 1610 g/mol. The molecule has 0 aliphatic carbocycles. The van der Waals surface area contributed by atoms with Gasteiger partial charge in [-0.15, -0.1) is 0 Å². The molecule has 0 N–H and O–H groups in total. The molecule has 120 heavy (non-hydrogen) atoms. The van der Waals surface area contributed by atoms with Gasteiger partial charge in [-0.3, -0.25) is 24.9 Å². The van der Waals surface area contributed by atoms with Gasteiger partial charge in [0.2, 0.25) is 0 Å². The Morgan fingerprint density at radius 2 is 0.442 bits per heavy atom. The van der Waals surface area contributed by atoms with Crippen LogP contribution in [0.1, 0.15) is 101 Å². The predicted octanol–water partition coefficient (Wildman–Crippen LogP) is 15.6. The van der Waals surface area contributed by atoms with Crippen molar-refractivity contribution in [3.63, 3.8) is 0 Å². The first-order valence-electron chi connectivity index (χ1n) is 40.8. The molecular weight excluding hydrogens is 1500 g/mol. The summed E-state index contributed by atoms with van der Waals surface area (Å²) < 4.78 is 0. The fourth-order valence-corrected chi connectivity index (χ4v) is 18.1. The van der Waals surface area contributed by atoms with Gasteiger partial charge in [-0.25, -0.2) is 49.8 Å². The molecule has 0 amide bonds. The molecule has 20 rings (SSSR count). The van der Waals surface area contributed by atoms with Gasteiger partial charge in [0.25, 0.3) is 0 Å². The van der Waals surface area contributed by atoms with E-state index in [9.17, 15) is 0 Å². The number of aromatic nitrogens is 15. The summed E-state index contributed by atoms with van der Waals surface area (Å²) in [6, 6.07) is 21.2. The minimum atomic E-state index is 0.0948. The van der Waals surface area contributed by atoms with Crippen molar-refractivity contribution in [1.82, 2.24) is 74.8 Å². The molecular formula is C89H105N31. The lowest BCUT2D eigenvalue weighted by atomic mass is 10.1. The van der Waals surface area contributed by atoms with Crippen molar-refractivity contribution in [2.75, 3.05) is 135 Å². The van der Waals surface area contributed by atoms with E-state index in [1.807, 2.05) is 114 Å². The molecule has 2 aromatic carbocycles. The Morgan fingerprint density at radius 3 is 0.783 bits per heavy atom. The lowest BCUT2D eigenvalue weighted by Gasteiger charge is -2.32. The van der Waals surface area contributed by atoms with E-state index in [1.54, 1.807) is 6.33 Å². The van der Waals surface area contributed by atoms with E-state index in [-0.39, 0.29) is 49.3 Å². The Labute approximate surface area is 702 Å². The molecule has 0 bridgehead atoms. The van der Waals surface area contributed by atoms with Gasteiger partial charge in [0.1, 0.15) is 113 Å². The van der Waals surface area contributed by atoms with Crippen LogP contribution in [-0.2, 0) is 0 Å². The maximum Gasteiger partial charge on any atom is 0.162 e. The van der Waals surface area contributed by atoms with Crippen LogP contribution >= 0.6 is 0 Å². The first-order chi connectivity index (χ1) is 57.6. The van der Waals surface area contributed by atoms with Crippen molar-refractivity contribution in [3.8, 4) is 0 Å². The minimum absolute atomic E-state index is 0.0948. The summed E-state index contributed by atoms with van der Waals surface area (Å²) in [5.74, 6) is 8.66. The number of anilines is 24. The Kier molecular flexibility index (Phi) is 20.0. The van der Waals surface area contributed by atoms with Crippen molar-refractivity contribution in [3.05, 3.63) is 199 Å². The van der Waals surface area contributed by atoms with Crippen LogP contribution in [0.2, 0.25) is 0 Å². The van der Waals surface area contributed by atoms with Crippen LogP contribution in [0.25, 0.3) is 0 Å². The zero-order valence-corrected chi connectivity index (χ0v) is 72.9.